The van der Waals surface area contributed by atoms with E-state index < -0.39 is 32.5 Å². The van der Waals surface area contributed by atoms with Crippen LogP contribution in [0.25, 0.3) is 0 Å². The summed E-state index contributed by atoms with van der Waals surface area (Å²) < 4.78 is 50.5. The molecule has 8 nitrogen and oxygen atoms in total. The molecule has 0 radical (unpaired) electrons. The second-order valence-electron chi connectivity index (χ2n) is 7.68. The molecular weight excluding hydrogens is 498 g/mol. The molecule has 0 aromatic heterocycles. The van der Waals surface area contributed by atoms with Crippen molar-refractivity contribution in [3.63, 3.8) is 0 Å². The predicted molar refractivity (Wildman–Crippen MR) is 130 cm³/mol. The van der Waals surface area contributed by atoms with E-state index in [4.69, 9.17) is 16.7 Å². The van der Waals surface area contributed by atoms with E-state index in [1.807, 2.05) is 6.92 Å². The average Bonchev–Trinajstić information content (AvgIpc) is 2.77. The van der Waals surface area contributed by atoms with Crippen molar-refractivity contribution in [1.29, 1.82) is 0 Å². The van der Waals surface area contributed by atoms with Gasteiger partial charge in [-0.1, -0.05) is 53.6 Å². The smallest absolute Gasteiger partial charge is 0.243 e. The highest BCUT2D eigenvalue weighted by Crippen LogP contribution is 2.20. The van der Waals surface area contributed by atoms with Gasteiger partial charge in [0.2, 0.25) is 26.0 Å². The molecule has 0 fully saturated rings. The fraction of sp³-hybridized carbons (Fsp3) is 0.174. The molecule has 0 unspecified atom stereocenters. The number of benzene rings is 3. The molecule has 180 valence electrons. The van der Waals surface area contributed by atoms with Gasteiger partial charge in [0.15, 0.2) is 0 Å². The van der Waals surface area contributed by atoms with Crippen LogP contribution in [-0.2, 0) is 37.9 Å². The number of nitrogens with one attached hydrogen (secondary N) is 1. The Morgan fingerprint density at radius 2 is 1.53 bits per heavy atom. The number of hydrogen-bond donors (Lipinski definition) is 2. The maximum absolute atomic E-state index is 13.3. The maximum atomic E-state index is 13.3. The van der Waals surface area contributed by atoms with E-state index in [0.29, 0.717) is 16.1 Å². The van der Waals surface area contributed by atoms with E-state index in [-0.39, 0.29) is 22.9 Å². The Labute approximate surface area is 204 Å². The number of amides is 1. The van der Waals surface area contributed by atoms with Gasteiger partial charge in [-0.3, -0.25) is 4.79 Å². The number of carbonyl (C=O) groups is 1. The van der Waals surface area contributed by atoms with E-state index in [9.17, 15) is 21.6 Å². The normalized spacial score (nSPS) is 12.0. The van der Waals surface area contributed by atoms with Gasteiger partial charge in [0.1, 0.15) is 0 Å². The topological polar surface area (TPSA) is 127 Å². The Kier molecular flexibility index (Phi) is 8.11. The summed E-state index contributed by atoms with van der Waals surface area (Å²) >= 11 is 6.05. The van der Waals surface area contributed by atoms with Gasteiger partial charge in [-0.05, 0) is 54.4 Å². The summed E-state index contributed by atoms with van der Waals surface area (Å²) in [5.74, 6) is -0.520. The largest absolute Gasteiger partial charge is 0.351 e. The first kappa shape index (κ1) is 25.9. The first-order valence-corrected chi connectivity index (χ1v) is 13.5. The molecule has 1 amide bonds. The molecular formula is C23H24ClN3O5S2. The molecule has 3 aromatic carbocycles. The summed E-state index contributed by atoms with van der Waals surface area (Å²) in [6, 6.07) is 18.9. The standard InChI is InChI=1S/C23H24ClN3O5S2/c1-17-5-9-22(10-6-17)34(31,32)27(15-19-3-2-4-20(24)13-19)16-23(28)26-14-18-7-11-21(12-8-18)33(25,29)30/h2-13H,14-16H2,1H3,(H,26,28)(H2,25,29,30). The number of primary sulfonamides is 1. The van der Waals surface area contributed by atoms with Crippen molar-refractivity contribution in [3.05, 3.63) is 94.5 Å². The molecule has 34 heavy (non-hydrogen) atoms. The van der Waals surface area contributed by atoms with E-state index in [1.54, 1.807) is 36.4 Å². The van der Waals surface area contributed by atoms with Gasteiger partial charge in [0.05, 0.1) is 16.3 Å². The van der Waals surface area contributed by atoms with Crippen LogP contribution in [-0.4, -0.2) is 33.6 Å². The summed E-state index contributed by atoms with van der Waals surface area (Å²) in [7, 11) is -7.80. The Morgan fingerprint density at radius 1 is 0.912 bits per heavy atom. The van der Waals surface area contributed by atoms with Crippen LogP contribution >= 0.6 is 11.6 Å². The van der Waals surface area contributed by atoms with Gasteiger partial charge in [-0.2, -0.15) is 4.31 Å². The summed E-state index contributed by atoms with van der Waals surface area (Å²) in [5, 5.41) is 8.21. The van der Waals surface area contributed by atoms with E-state index >= 15 is 0 Å². The minimum absolute atomic E-state index is 0.0422. The minimum Gasteiger partial charge on any atom is -0.351 e. The molecule has 3 aromatic rings. The van der Waals surface area contributed by atoms with E-state index in [2.05, 4.69) is 5.32 Å². The zero-order valence-corrected chi connectivity index (χ0v) is 20.7. The molecule has 0 aliphatic rings. The number of nitrogens with two attached hydrogens (primary N) is 1. The van der Waals surface area contributed by atoms with Crippen LogP contribution in [0.4, 0.5) is 0 Å². The molecule has 0 heterocycles. The van der Waals surface area contributed by atoms with Gasteiger partial charge in [0, 0.05) is 18.1 Å². The van der Waals surface area contributed by atoms with Crippen molar-refractivity contribution in [2.75, 3.05) is 6.54 Å². The molecule has 0 spiro atoms. The van der Waals surface area contributed by atoms with Gasteiger partial charge in [-0.25, -0.2) is 22.0 Å². The monoisotopic (exact) mass is 521 g/mol. The lowest BCUT2D eigenvalue weighted by Crippen LogP contribution is -2.40. The lowest BCUT2D eigenvalue weighted by Gasteiger charge is -2.22. The maximum Gasteiger partial charge on any atom is 0.243 e. The van der Waals surface area contributed by atoms with Crippen molar-refractivity contribution < 1.29 is 21.6 Å². The molecule has 11 heteroatoms. The van der Waals surface area contributed by atoms with E-state index in [1.165, 1.54) is 36.4 Å². The fourth-order valence-electron chi connectivity index (χ4n) is 3.14. The molecule has 0 aliphatic carbocycles. The number of hydrogen-bond acceptors (Lipinski definition) is 5. The fourth-order valence-corrected chi connectivity index (χ4v) is 5.25. The summed E-state index contributed by atoms with van der Waals surface area (Å²) in [4.78, 5) is 12.7. The van der Waals surface area contributed by atoms with Gasteiger partial charge in [-0.15, -0.1) is 0 Å². The first-order valence-electron chi connectivity index (χ1n) is 10.1. The number of halogens is 1. The Bertz CT molecular complexity index is 1370. The van der Waals surface area contributed by atoms with Crippen LogP contribution in [0.1, 0.15) is 16.7 Å². The minimum atomic E-state index is -3.98. The third-order valence-electron chi connectivity index (χ3n) is 4.97. The molecule has 0 saturated carbocycles. The molecule has 0 atom stereocenters. The van der Waals surface area contributed by atoms with Gasteiger partial charge < -0.3 is 5.32 Å². The highest BCUT2D eigenvalue weighted by molar-refractivity contribution is 7.89. The lowest BCUT2D eigenvalue weighted by molar-refractivity contribution is -0.121. The average molecular weight is 522 g/mol. The van der Waals surface area contributed by atoms with Crippen LogP contribution < -0.4 is 10.5 Å². The van der Waals surface area contributed by atoms with Crippen LogP contribution in [0.2, 0.25) is 5.02 Å². The van der Waals surface area contributed by atoms with Gasteiger partial charge >= 0.3 is 0 Å². The Morgan fingerprint density at radius 3 is 2.12 bits per heavy atom. The van der Waals surface area contributed by atoms with Crippen LogP contribution in [0, 0.1) is 6.92 Å². The first-order chi connectivity index (χ1) is 15.9. The third-order valence-corrected chi connectivity index (χ3v) is 7.94. The molecule has 3 rings (SSSR count). The number of rotatable bonds is 9. The second kappa shape index (κ2) is 10.7. The summed E-state index contributed by atoms with van der Waals surface area (Å²) in [5.41, 5.74) is 2.17. The van der Waals surface area contributed by atoms with Crippen LogP contribution in [0.5, 0.6) is 0 Å². The van der Waals surface area contributed by atoms with Crippen LogP contribution in [0.3, 0.4) is 0 Å². The predicted octanol–water partition coefficient (Wildman–Crippen LogP) is 2.80. The molecule has 0 aliphatic heterocycles. The zero-order valence-electron chi connectivity index (χ0n) is 18.3. The van der Waals surface area contributed by atoms with Crippen molar-refractivity contribution in [2.24, 2.45) is 5.14 Å². The SMILES string of the molecule is Cc1ccc(S(=O)(=O)N(CC(=O)NCc2ccc(S(N)(=O)=O)cc2)Cc2cccc(Cl)c2)cc1. The van der Waals surface area contributed by atoms with Crippen molar-refractivity contribution in [1.82, 2.24) is 9.62 Å². The summed E-state index contributed by atoms with van der Waals surface area (Å²) in [6.45, 7) is 1.47. The molecule has 0 bridgehead atoms. The zero-order chi connectivity index (χ0) is 24.9. The number of nitrogens with zero attached hydrogens (tertiary/aromatic N) is 1. The second-order valence-corrected chi connectivity index (χ2v) is 11.6. The third kappa shape index (κ3) is 6.87. The number of sulfonamides is 2. The van der Waals surface area contributed by atoms with Crippen molar-refractivity contribution in [3.8, 4) is 0 Å². The number of carbonyl (C=O) groups excluding carboxylic acids is 1. The van der Waals surface area contributed by atoms with E-state index in [0.717, 1.165) is 9.87 Å². The summed E-state index contributed by atoms with van der Waals surface area (Å²) in [6.07, 6.45) is 0. The molecule has 3 N–H and O–H groups in total. The Hall–Kier alpha value is -2.76. The Balaban J connectivity index is 1.77. The molecule has 0 saturated heterocycles. The quantitative estimate of drug-likeness (QED) is 0.447. The van der Waals surface area contributed by atoms with Gasteiger partial charge in [0.25, 0.3) is 0 Å². The number of aryl methyl sites for hydroxylation is 1. The van der Waals surface area contributed by atoms with Crippen molar-refractivity contribution >= 4 is 37.6 Å². The highest BCUT2D eigenvalue weighted by atomic mass is 35.5. The van der Waals surface area contributed by atoms with Crippen molar-refractivity contribution in [2.45, 2.75) is 29.8 Å². The lowest BCUT2D eigenvalue weighted by atomic mass is 10.2. The van der Waals surface area contributed by atoms with Crippen LogP contribution in [0.15, 0.2) is 82.6 Å². The highest BCUT2D eigenvalue weighted by Gasteiger charge is 2.27.